The van der Waals surface area contributed by atoms with Crippen molar-refractivity contribution in [1.29, 1.82) is 0 Å². The van der Waals surface area contributed by atoms with Crippen LogP contribution in [-0.2, 0) is 6.54 Å². The fourth-order valence-corrected chi connectivity index (χ4v) is 5.61. The minimum Gasteiger partial charge on any atom is -0.369 e. The molecule has 2 aromatic heterocycles. The Morgan fingerprint density at radius 3 is 2.49 bits per heavy atom. The normalized spacial score (nSPS) is 15.1. The van der Waals surface area contributed by atoms with Crippen molar-refractivity contribution in [3.8, 4) is 0 Å². The predicted molar refractivity (Wildman–Crippen MR) is 154 cm³/mol. The molecule has 1 fully saturated rings. The van der Waals surface area contributed by atoms with Gasteiger partial charge in [0.1, 0.15) is 6.04 Å². The summed E-state index contributed by atoms with van der Waals surface area (Å²) < 4.78 is 1.83. The first-order chi connectivity index (χ1) is 19.0. The van der Waals surface area contributed by atoms with E-state index in [9.17, 15) is 4.79 Å². The molecule has 1 unspecified atom stereocenters. The van der Waals surface area contributed by atoms with Gasteiger partial charge in [-0.3, -0.25) is 9.69 Å². The molecule has 39 heavy (non-hydrogen) atoms. The van der Waals surface area contributed by atoms with Gasteiger partial charge in [0.25, 0.3) is 5.56 Å². The molecular weight excluding hydrogens is 486 g/mol. The quantitative estimate of drug-likeness (QED) is 0.358. The summed E-state index contributed by atoms with van der Waals surface area (Å²) in [6.45, 7) is 10.2. The maximum Gasteiger partial charge on any atom is 0.253 e. The highest BCUT2D eigenvalue weighted by Gasteiger charge is 2.33. The number of tetrazole rings is 1. The summed E-state index contributed by atoms with van der Waals surface area (Å²) >= 11 is 0. The van der Waals surface area contributed by atoms with Crippen LogP contribution in [-0.4, -0.2) is 56.3 Å². The summed E-state index contributed by atoms with van der Waals surface area (Å²) in [6, 6.07) is 24.4. The minimum absolute atomic E-state index is 0.107. The molecule has 8 nitrogen and oxygen atoms in total. The molecule has 1 N–H and O–H groups in total. The van der Waals surface area contributed by atoms with Crippen LogP contribution in [0.1, 0.15) is 39.7 Å². The van der Waals surface area contributed by atoms with Crippen LogP contribution < -0.4 is 10.5 Å². The molecule has 198 valence electrons. The molecule has 3 aromatic carbocycles. The fraction of sp³-hybridized carbons (Fsp3) is 0.290. The molecule has 5 aromatic rings. The van der Waals surface area contributed by atoms with Gasteiger partial charge in [-0.05, 0) is 77.0 Å². The Kier molecular flexibility index (Phi) is 6.70. The van der Waals surface area contributed by atoms with Gasteiger partial charge in [-0.2, -0.15) is 0 Å². The monoisotopic (exact) mass is 519 g/mol. The molecule has 1 aliphatic rings. The largest absolute Gasteiger partial charge is 0.369 e. The molecule has 1 atom stereocenters. The van der Waals surface area contributed by atoms with Crippen molar-refractivity contribution >= 4 is 16.6 Å². The second-order valence-electron chi connectivity index (χ2n) is 10.5. The Bertz CT molecular complexity index is 1670. The van der Waals surface area contributed by atoms with Crippen molar-refractivity contribution in [2.75, 3.05) is 31.1 Å². The minimum atomic E-state index is -0.376. The van der Waals surface area contributed by atoms with Crippen LogP contribution >= 0.6 is 0 Å². The van der Waals surface area contributed by atoms with Crippen molar-refractivity contribution < 1.29 is 0 Å². The summed E-state index contributed by atoms with van der Waals surface area (Å²) in [5.74, 6) is 0.677. The Hall–Kier alpha value is -4.30. The third-order valence-corrected chi connectivity index (χ3v) is 7.90. The lowest BCUT2D eigenvalue weighted by atomic mass is 10.0. The maximum absolute atomic E-state index is 13.6. The highest BCUT2D eigenvalue weighted by molar-refractivity contribution is 5.79. The maximum atomic E-state index is 13.6. The number of aromatic amines is 1. The molecule has 3 heterocycles. The number of nitrogens with one attached hydrogen (secondary N) is 1. The van der Waals surface area contributed by atoms with Gasteiger partial charge < -0.3 is 9.88 Å². The highest BCUT2D eigenvalue weighted by atomic mass is 16.1. The van der Waals surface area contributed by atoms with E-state index in [0.29, 0.717) is 17.9 Å². The van der Waals surface area contributed by atoms with Crippen LogP contribution in [0.5, 0.6) is 0 Å². The number of aromatic nitrogens is 5. The lowest BCUT2D eigenvalue weighted by molar-refractivity contribution is 0.200. The number of nitrogens with zero attached hydrogens (tertiary/aromatic N) is 6. The molecule has 0 radical (unpaired) electrons. The summed E-state index contributed by atoms with van der Waals surface area (Å²) in [4.78, 5) is 21.5. The molecule has 8 heteroatoms. The summed E-state index contributed by atoms with van der Waals surface area (Å²) in [5.41, 5.74) is 7.50. The lowest BCUT2D eigenvalue weighted by Gasteiger charge is -2.40. The zero-order chi connectivity index (χ0) is 26.9. The molecular formula is C31H33N7O. The number of fused-ring (bicyclic) bond motifs is 1. The van der Waals surface area contributed by atoms with Crippen molar-refractivity contribution in [2.45, 2.75) is 33.4 Å². The van der Waals surface area contributed by atoms with Gasteiger partial charge in [0.2, 0.25) is 0 Å². The second kappa shape index (κ2) is 10.5. The van der Waals surface area contributed by atoms with E-state index in [4.69, 9.17) is 0 Å². The fourth-order valence-electron chi connectivity index (χ4n) is 5.61. The molecule has 0 saturated carbocycles. The zero-order valence-corrected chi connectivity index (χ0v) is 22.6. The van der Waals surface area contributed by atoms with Crippen molar-refractivity contribution in [1.82, 2.24) is 30.1 Å². The predicted octanol–water partition coefficient (Wildman–Crippen LogP) is 4.40. The third kappa shape index (κ3) is 4.95. The Labute approximate surface area is 227 Å². The number of anilines is 1. The lowest BCUT2D eigenvalue weighted by Crippen LogP contribution is -2.49. The standard InChI is InChI=1S/C31H33N7O/c1-21-12-13-25-19-26(31(39)32-27(25)18-21)29(30-33-34-35-38(30)20-24-9-5-4-6-10-24)37-16-14-36(15-17-37)28-11-7-8-22(2)23(28)3/h4-13,18-19,29H,14-17,20H2,1-3H3,(H,32,39). The van der Waals surface area contributed by atoms with E-state index in [1.807, 2.05) is 41.9 Å². The van der Waals surface area contributed by atoms with Gasteiger partial charge in [-0.25, -0.2) is 4.68 Å². The van der Waals surface area contributed by atoms with Crippen molar-refractivity contribution in [3.05, 3.63) is 117 Å². The number of piperazine rings is 1. The molecule has 0 bridgehead atoms. The molecule has 0 spiro atoms. The highest BCUT2D eigenvalue weighted by Crippen LogP contribution is 2.30. The Balaban J connectivity index is 1.38. The molecule has 6 rings (SSSR count). The van der Waals surface area contributed by atoms with Crippen molar-refractivity contribution in [2.24, 2.45) is 0 Å². The number of H-pyrrole nitrogens is 1. The SMILES string of the molecule is Cc1ccc2cc(C(c3nnnn3Cc3ccccc3)N3CCN(c4cccc(C)c4C)CC3)c(=O)[nH]c2c1. The van der Waals surface area contributed by atoms with Crippen LogP contribution in [0.4, 0.5) is 5.69 Å². The number of pyridine rings is 1. The van der Waals surface area contributed by atoms with E-state index in [0.717, 1.165) is 48.2 Å². The first-order valence-corrected chi connectivity index (χ1v) is 13.5. The van der Waals surface area contributed by atoms with Crippen LogP contribution in [0.3, 0.4) is 0 Å². The summed E-state index contributed by atoms with van der Waals surface area (Å²) in [5, 5.41) is 13.9. The van der Waals surface area contributed by atoms with E-state index in [-0.39, 0.29) is 11.6 Å². The molecule has 0 aliphatic carbocycles. The van der Waals surface area contributed by atoms with E-state index in [1.165, 1.54) is 16.8 Å². The van der Waals surface area contributed by atoms with E-state index in [1.54, 1.807) is 0 Å². The van der Waals surface area contributed by atoms with Crippen LogP contribution in [0.15, 0.2) is 77.6 Å². The molecule has 1 aliphatic heterocycles. The first-order valence-electron chi connectivity index (χ1n) is 13.5. The first kappa shape index (κ1) is 25.0. The van der Waals surface area contributed by atoms with Crippen molar-refractivity contribution in [3.63, 3.8) is 0 Å². The van der Waals surface area contributed by atoms with E-state index >= 15 is 0 Å². The number of benzene rings is 3. The van der Waals surface area contributed by atoms with Crippen LogP contribution in [0, 0.1) is 20.8 Å². The van der Waals surface area contributed by atoms with Gasteiger partial charge in [0.05, 0.1) is 6.54 Å². The number of hydrogen-bond acceptors (Lipinski definition) is 6. The zero-order valence-electron chi connectivity index (χ0n) is 22.6. The van der Waals surface area contributed by atoms with Gasteiger partial charge in [0, 0.05) is 42.9 Å². The van der Waals surface area contributed by atoms with E-state index in [2.05, 4.69) is 86.6 Å². The summed E-state index contributed by atoms with van der Waals surface area (Å²) in [6.07, 6.45) is 0. The number of rotatable bonds is 6. The third-order valence-electron chi connectivity index (χ3n) is 7.90. The smallest absolute Gasteiger partial charge is 0.253 e. The number of hydrogen-bond donors (Lipinski definition) is 1. The topological polar surface area (TPSA) is 82.9 Å². The van der Waals surface area contributed by atoms with Gasteiger partial charge in [-0.1, -0.05) is 54.6 Å². The Morgan fingerprint density at radius 2 is 1.69 bits per heavy atom. The average Bonchev–Trinajstić information content (AvgIpc) is 3.39. The second-order valence-corrected chi connectivity index (χ2v) is 10.5. The Morgan fingerprint density at radius 1 is 0.897 bits per heavy atom. The number of aryl methyl sites for hydroxylation is 2. The van der Waals surface area contributed by atoms with Gasteiger partial charge >= 0.3 is 0 Å². The molecule has 0 amide bonds. The van der Waals surface area contributed by atoms with Crippen LogP contribution in [0.2, 0.25) is 0 Å². The summed E-state index contributed by atoms with van der Waals surface area (Å²) in [7, 11) is 0. The van der Waals surface area contributed by atoms with Crippen LogP contribution in [0.25, 0.3) is 10.9 Å². The van der Waals surface area contributed by atoms with Gasteiger partial charge in [0.15, 0.2) is 5.82 Å². The molecule has 1 saturated heterocycles. The average molecular weight is 520 g/mol. The van der Waals surface area contributed by atoms with E-state index < -0.39 is 0 Å². The van der Waals surface area contributed by atoms with Gasteiger partial charge in [-0.15, -0.1) is 5.10 Å².